The molecule has 0 saturated heterocycles. The lowest BCUT2D eigenvalue weighted by Gasteiger charge is -2.03. The number of amides is 2. The molecule has 2 aromatic rings. The Bertz CT molecular complexity index is 643. The van der Waals surface area contributed by atoms with Crippen LogP contribution in [0.1, 0.15) is 34.4 Å². The van der Waals surface area contributed by atoms with Gasteiger partial charge in [-0.3, -0.25) is 9.59 Å². The number of thiazole rings is 1. The highest BCUT2D eigenvalue weighted by Crippen LogP contribution is 2.15. The predicted octanol–water partition coefficient (Wildman–Crippen LogP) is 1.68. The summed E-state index contributed by atoms with van der Waals surface area (Å²) in [7, 11) is 0. The van der Waals surface area contributed by atoms with E-state index in [9.17, 15) is 9.59 Å². The van der Waals surface area contributed by atoms with Crippen LogP contribution in [0.2, 0.25) is 0 Å². The number of aromatic nitrogens is 2. The molecule has 2 rings (SSSR count). The van der Waals surface area contributed by atoms with E-state index in [4.69, 9.17) is 4.52 Å². The minimum Gasteiger partial charge on any atom is -0.361 e. The molecule has 7 nitrogen and oxygen atoms in total. The van der Waals surface area contributed by atoms with Crippen molar-refractivity contribution in [2.75, 3.05) is 11.9 Å². The van der Waals surface area contributed by atoms with Gasteiger partial charge in [-0.25, -0.2) is 4.98 Å². The highest BCUT2D eigenvalue weighted by atomic mass is 32.1. The number of rotatable bonds is 5. The van der Waals surface area contributed by atoms with Crippen LogP contribution in [0.15, 0.2) is 9.90 Å². The molecule has 0 atom stereocenters. The van der Waals surface area contributed by atoms with E-state index >= 15 is 0 Å². The van der Waals surface area contributed by atoms with Crippen LogP contribution in [0, 0.1) is 13.8 Å². The summed E-state index contributed by atoms with van der Waals surface area (Å²) >= 11 is 1.21. The third-order valence-electron chi connectivity index (χ3n) is 2.86. The van der Waals surface area contributed by atoms with Crippen LogP contribution < -0.4 is 10.6 Å². The molecule has 2 N–H and O–H groups in total. The van der Waals surface area contributed by atoms with E-state index in [1.165, 1.54) is 18.3 Å². The Kier molecular flexibility index (Phi) is 4.69. The fourth-order valence-corrected chi connectivity index (χ4v) is 2.57. The van der Waals surface area contributed by atoms with Gasteiger partial charge in [-0.15, -0.1) is 11.3 Å². The molecule has 0 aromatic carbocycles. The number of carbonyl (C=O) groups excluding carboxylic acids is 2. The molecule has 8 heteroatoms. The van der Waals surface area contributed by atoms with Gasteiger partial charge in [0.05, 0.1) is 5.69 Å². The quantitative estimate of drug-likeness (QED) is 0.876. The zero-order valence-electron chi connectivity index (χ0n) is 12.0. The predicted molar refractivity (Wildman–Crippen MR) is 78.4 cm³/mol. The van der Waals surface area contributed by atoms with Gasteiger partial charge >= 0.3 is 0 Å². The van der Waals surface area contributed by atoms with E-state index in [1.807, 2.05) is 13.8 Å². The van der Waals surface area contributed by atoms with Crippen molar-refractivity contribution in [1.29, 1.82) is 0 Å². The molecule has 0 bridgehead atoms. The molecule has 0 fully saturated rings. The number of aryl methyl sites for hydroxylation is 2. The van der Waals surface area contributed by atoms with Crippen molar-refractivity contribution in [3.63, 3.8) is 0 Å². The van der Waals surface area contributed by atoms with Crippen molar-refractivity contribution >= 4 is 28.3 Å². The van der Waals surface area contributed by atoms with Gasteiger partial charge < -0.3 is 15.2 Å². The third-order valence-corrected chi connectivity index (χ3v) is 3.62. The highest BCUT2D eigenvalue weighted by Gasteiger charge is 2.13. The minimum absolute atomic E-state index is 0.213. The lowest BCUT2D eigenvalue weighted by atomic mass is 10.1. The number of carbonyl (C=O) groups is 2. The standard InChI is InChI=1S/C13H16N4O3S/c1-7-10(8(2)20-17-7)4-5-14-12(19)11-6-21-13(16-11)15-9(3)18/h6H,4-5H2,1-3H3,(H,14,19)(H,15,16,18). The molecule has 112 valence electrons. The van der Waals surface area contributed by atoms with E-state index in [1.54, 1.807) is 5.38 Å². The van der Waals surface area contributed by atoms with Crippen LogP contribution in [-0.2, 0) is 11.2 Å². The molecule has 2 heterocycles. The molecule has 0 aliphatic rings. The number of nitrogens with zero attached hydrogens (tertiary/aromatic N) is 2. The Morgan fingerprint density at radius 2 is 2.14 bits per heavy atom. The Morgan fingerprint density at radius 1 is 1.38 bits per heavy atom. The van der Waals surface area contributed by atoms with Gasteiger partial charge in [0, 0.05) is 24.4 Å². The van der Waals surface area contributed by atoms with Gasteiger partial charge in [0.2, 0.25) is 5.91 Å². The molecule has 0 aliphatic heterocycles. The average Bonchev–Trinajstić information content (AvgIpc) is 2.99. The van der Waals surface area contributed by atoms with E-state index in [0.29, 0.717) is 23.8 Å². The number of anilines is 1. The van der Waals surface area contributed by atoms with E-state index in [0.717, 1.165) is 17.0 Å². The summed E-state index contributed by atoms with van der Waals surface area (Å²) in [4.78, 5) is 26.9. The van der Waals surface area contributed by atoms with Crippen molar-refractivity contribution in [2.24, 2.45) is 0 Å². The fraction of sp³-hybridized carbons (Fsp3) is 0.385. The summed E-state index contributed by atoms with van der Waals surface area (Å²) in [6.45, 7) is 5.57. The number of hydrogen-bond donors (Lipinski definition) is 2. The molecule has 0 saturated carbocycles. The highest BCUT2D eigenvalue weighted by molar-refractivity contribution is 7.14. The summed E-state index contributed by atoms with van der Waals surface area (Å²) in [5.41, 5.74) is 2.14. The first-order chi connectivity index (χ1) is 9.97. The van der Waals surface area contributed by atoms with Crippen LogP contribution in [0.5, 0.6) is 0 Å². The summed E-state index contributed by atoms with van der Waals surface area (Å²) in [5, 5.41) is 11.2. The zero-order chi connectivity index (χ0) is 15.4. The second-order valence-corrected chi connectivity index (χ2v) is 5.39. The lowest BCUT2D eigenvalue weighted by molar-refractivity contribution is -0.114. The summed E-state index contributed by atoms with van der Waals surface area (Å²) in [6.07, 6.45) is 0.648. The van der Waals surface area contributed by atoms with E-state index < -0.39 is 0 Å². The normalized spacial score (nSPS) is 10.4. The minimum atomic E-state index is -0.269. The van der Waals surface area contributed by atoms with Gasteiger partial charge in [0.25, 0.3) is 5.91 Å². The summed E-state index contributed by atoms with van der Waals surface area (Å²) in [6, 6.07) is 0. The van der Waals surface area contributed by atoms with Crippen molar-refractivity contribution in [1.82, 2.24) is 15.5 Å². The van der Waals surface area contributed by atoms with Gasteiger partial charge in [0.1, 0.15) is 11.5 Å². The van der Waals surface area contributed by atoms with Gasteiger partial charge in [-0.1, -0.05) is 5.16 Å². The monoisotopic (exact) mass is 308 g/mol. The van der Waals surface area contributed by atoms with Gasteiger partial charge in [-0.05, 0) is 20.3 Å². The molecule has 2 aromatic heterocycles. The zero-order valence-corrected chi connectivity index (χ0v) is 12.8. The molecule has 0 unspecified atom stereocenters. The van der Waals surface area contributed by atoms with Gasteiger partial charge in [0.15, 0.2) is 5.13 Å². The molecule has 0 spiro atoms. The van der Waals surface area contributed by atoms with Crippen LogP contribution in [0.3, 0.4) is 0 Å². The molecular weight excluding hydrogens is 292 g/mol. The summed E-state index contributed by atoms with van der Waals surface area (Å²) < 4.78 is 5.06. The van der Waals surface area contributed by atoms with E-state index in [2.05, 4.69) is 20.8 Å². The SMILES string of the molecule is CC(=O)Nc1nc(C(=O)NCCc2c(C)noc2C)cs1. The molecular formula is C13H16N4O3S. The lowest BCUT2D eigenvalue weighted by Crippen LogP contribution is -2.26. The average molecular weight is 308 g/mol. The van der Waals surface area contributed by atoms with Crippen LogP contribution in [0.25, 0.3) is 0 Å². The maximum Gasteiger partial charge on any atom is 0.270 e. The second kappa shape index (κ2) is 6.49. The Morgan fingerprint density at radius 3 is 2.76 bits per heavy atom. The van der Waals surface area contributed by atoms with E-state index in [-0.39, 0.29) is 11.8 Å². The largest absolute Gasteiger partial charge is 0.361 e. The van der Waals surface area contributed by atoms with Crippen LogP contribution >= 0.6 is 11.3 Å². The van der Waals surface area contributed by atoms with Crippen molar-refractivity contribution in [2.45, 2.75) is 27.2 Å². The smallest absolute Gasteiger partial charge is 0.270 e. The third kappa shape index (κ3) is 3.88. The first-order valence-electron chi connectivity index (χ1n) is 6.40. The number of nitrogens with one attached hydrogen (secondary N) is 2. The maximum absolute atomic E-state index is 11.9. The molecule has 0 radical (unpaired) electrons. The second-order valence-electron chi connectivity index (χ2n) is 4.53. The van der Waals surface area contributed by atoms with Crippen LogP contribution in [0.4, 0.5) is 5.13 Å². The molecule has 2 amide bonds. The van der Waals surface area contributed by atoms with Gasteiger partial charge in [-0.2, -0.15) is 0 Å². The first-order valence-corrected chi connectivity index (χ1v) is 7.28. The van der Waals surface area contributed by atoms with Crippen molar-refractivity contribution in [3.05, 3.63) is 28.1 Å². The number of hydrogen-bond acceptors (Lipinski definition) is 6. The first kappa shape index (κ1) is 15.2. The Balaban J connectivity index is 1.87. The Hall–Kier alpha value is -2.22. The van der Waals surface area contributed by atoms with Crippen molar-refractivity contribution in [3.8, 4) is 0 Å². The summed E-state index contributed by atoms with van der Waals surface area (Å²) in [5.74, 6) is 0.285. The maximum atomic E-state index is 11.9. The molecule has 0 aliphatic carbocycles. The fourth-order valence-electron chi connectivity index (χ4n) is 1.84. The molecule has 21 heavy (non-hydrogen) atoms. The van der Waals surface area contributed by atoms with Crippen LogP contribution in [-0.4, -0.2) is 28.5 Å². The van der Waals surface area contributed by atoms with Crippen molar-refractivity contribution < 1.29 is 14.1 Å². The topological polar surface area (TPSA) is 97.1 Å². The Labute approximate surface area is 125 Å².